The van der Waals surface area contributed by atoms with E-state index < -0.39 is 0 Å². The maximum Gasteiger partial charge on any atom is 0.226 e. The number of anilines is 1. The van der Waals surface area contributed by atoms with E-state index in [4.69, 9.17) is 0 Å². The number of nitrogens with zero attached hydrogens (tertiary/aromatic N) is 4. The SMILES string of the molecule is Cc1cc2c(N3CC(C(=O)NC(C)C)C3)nccn2n1. The van der Waals surface area contributed by atoms with Crippen LogP contribution in [0, 0.1) is 12.8 Å². The summed E-state index contributed by atoms with van der Waals surface area (Å²) < 4.78 is 1.83. The fourth-order valence-electron chi connectivity index (χ4n) is 2.49. The first-order valence-corrected chi connectivity index (χ1v) is 6.91. The van der Waals surface area contributed by atoms with Crippen molar-refractivity contribution in [2.75, 3.05) is 18.0 Å². The summed E-state index contributed by atoms with van der Waals surface area (Å²) in [5.41, 5.74) is 1.96. The van der Waals surface area contributed by atoms with Crippen molar-refractivity contribution in [1.82, 2.24) is 19.9 Å². The highest BCUT2D eigenvalue weighted by molar-refractivity contribution is 5.83. The first kappa shape index (κ1) is 12.9. The highest BCUT2D eigenvalue weighted by Crippen LogP contribution is 2.27. The smallest absolute Gasteiger partial charge is 0.226 e. The van der Waals surface area contributed by atoms with Crippen molar-refractivity contribution < 1.29 is 4.79 Å². The van der Waals surface area contributed by atoms with Gasteiger partial charge in [0.05, 0.1) is 11.6 Å². The Morgan fingerprint density at radius 1 is 1.45 bits per heavy atom. The molecular formula is C14H19N5O. The Balaban J connectivity index is 1.74. The van der Waals surface area contributed by atoms with Crippen LogP contribution in [0.4, 0.5) is 5.82 Å². The normalized spacial score (nSPS) is 15.7. The average molecular weight is 273 g/mol. The molecule has 3 heterocycles. The van der Waals surface area contributed by atoms with Crippen LogP contribution in [-0.4, -0.2) is 39.6 Å². The second kappa shape index (κ2) is 4.77. The monoisotopic (exact) mass is 273 g/mol. The van der Waals surface area contributed by atoms with E-state index in [0.717, 1.165) is 30.1 Å². The van der Waals surface area contributed by atoms with Crippen LogP contribution in [0.25, 0.3) is 5.52 Å². The Kier molecular flexibility index (Phi) is 3.08. The number of carbonyl (C=O) groups is 1. The lowest BCUT2D eigenvalue weighted by atomic mass is 9.99. The molecule has 106 valence electrons. The molecule has 3 rings (SSSR count). The van der Waals surface area contributed by atoms with Crippen molar-refractivity contribution >= 4 is 17.2 Å². The summed E-state index contributed by atoms with van der Waals surface area (Å²) in [6.07, 6.45) is 3.59. The lowest BCUT2D eigenvalue weighted by Crippen LogP contribution is -2.55. The Labute approximate surface area is 117 Å². The van der Waals surface area contributed by atoms with Gasteiger partial charge in [0.1, 0.15) is 5.52 Å². The Morgan fingerprint density at radius 2 is 2.20 bits per heavy atom. The summed E-state index contributed by atoms with van der Waals surface area (Å²) in [5, 5.41) is 7.33. The molecule has 0 aliphatic carbocycles. The van der Waals surface area contributed by atoms with Gasteiger partial charge in [0, 0.05) is 31.5 Å². The number of fused-ring (bicyclic) bond motifs is 1. The van der Waals surface area contributed by atoms with Gasteiger partial charge in [0.15, 0.2) is 5.82 Å². The van der Waals surface area contributed by atoms with Crippen LogP contribution in [0.3, 0.4) is 0 Å². The zero-order chi connectivity index (χ0) is 14.3. The van der Waals surface area contributed by atoms with Crippen LogP contribution >= 0.6 is 0 Å². The molecule has 1 aliphatic rings. The number of aromatic nitrogens is 3. The predicted molar refractivity (Wildman–Crippen MR) is 76.7 cm³/mol. The molecule has 1 N–H and O–H groups in total. The molecule has 0 bridgehead atoms. The van der Waals surface area contributed by atoms with Crippen molar-refractivity contribution in [3.63, 3.8) is 0 Å². The van der Waals surface area contributed by atoms with E-state index in [-0.39, 0.29) is 17.9 Å². The van der Waals surface area contributed by atoms with Crippen molar-refractivity contribution in [2.24, 2.45) is 5.92 Å². The van der Waals surface area contributed by atoms with E-state index in [1.54, 1.807) is 6.20 Å². The number of hydrogen-bond donors (Lipinski definition) is 1. The van der Waals surface area contributed by atoms with E-state index in [2.05, 4.69) is 20.3 Å². The topological polar surface area (TPSA) is 62.5 Å². The third-order valence-corrected chi connectivity index (χ3v) is 3.47. The maximum atomic E-state index is 11.9. The fraction of sp³-hybridized carbons (Fsp3) is 0.500. The molecule has 20 heavy (non-hydrogen) atoms. The average Bonchev–Trinajstić information content (AvgIpc) is 2.67. The summed E-state index contributed by atoms with van der Waals surface area (Å²) >= 11 is 0. The molecule has 0 saturated carbocycles. The van der Waals surface area contributed by atoms with Crippen LogP contribution in [0.5, 0.6) is 0 Å². The van der Waals surface area contributed by atoms with Crippen molar-refractivity contribution in [1.29, 1.82) is 0 Å². The van der Waals surface area contributed by atoms with Gasteiger partial charge in [-0.25, -0.2) is 9.50 Å². The molecule has 6 nitrogen and oxygen atoms in total. The molecule has 2 aromatic heterocycles. The maximum absolute atomic E-state index is 11.9. The zero-order valence-corrected chi connectivity index (χ0v) is 12.0. The third kappa shape index (κ3) is 2.21. The molecule has 0 atom stereocenters. The molecule has 0 spiro atoms. The summed E-state index contributed by atoms with van der Waals surface area (Å²) in [7, 11) is 0. The summed E-state index contributed by atoms with van der Waals surface area (Å²) in [6, 6.07) is 2.21. The molecule has 1 saturated heterocycles. The Morgan fingerprint density at radius 3 is 2.90 bits per heavy atom. The highest BCUT2D eigenvalue weighted by atomic mass is 16.2. The van der Waals surface area contributed by atoms with Gasteiger partial charge in [-0.2, -0.15) is 5.10 Å². The van der Waals surface area contributed by atoms with Crippen LogP contribution < -0.4 is 10.2 Å². The largest absolute Gasteiger partial charge is 0.354 e. The highest BCUT2D eigenvalue weighted by Gasteiger charge is 2.34. The van der Waals surface area contributed by atoms with Gasteiger partial charge in [0.25, 0.3) is 0 Å². The van der Waals surface area contributed by atoms with Crippen LogP contribution in [0.2, 0.25) is 0 Å². The van der Waals surface area contributed by atoms with Crippen LogP contribution in [-0.2, 0) is 4.79 Å². The van der Waals surface area contributed by atoms with Crippen molar-refractivity contribution in [2.45, 2.75) is 26.8 Å². The molecule has 6 heteroatoms. The van der Waals surface area contributed by atoms with Crippen molar-refractivity contribution in [3.05, 3.63) is 24.2 Å². The summed E-state index contributed by atoms with van der Waals surface area (Å²) in [4.78, 5) is 18.5. The van der Waals surface area contributed by atoms with Crippen molar-refractivity contribution in [3.8, 4) is 0 Å². The van der Waals surface area contributed by atoms with E-state index in [9.17, 15) is 4.79 Å². The van der Waals surface area contributed by atoms with Crippen LogP contribution in [0.1, 0.15) is 19.5 Å². The number of carbonyl (C=O) groups excluding carboxylic acids is 1. The summed E-state index contributed by atoms with van der Waals surface area (Å²) in [5.74, 6) is 1.10. The van der Waals surface area contributed by atoms with Gasteiger partial charge >= 0.3 is 0 Å². The minimum Gasteiger partial charge on any atom is -0.354 e. The quantitative estimate of drug-likeness (QED) is 0.906. The van der Waals surface area contributed by atoms with Gasteiger partial charge in [-0.15, -0.1) is 0 Å². The molecule has 0 radical (unpaired) electrons. The van der Waals surface area contributed by atoms with E-state index in [1.165, 1.54) is 0 Å². The number of amides is 1. The van der Waals surface area contributed by atoms with Crippen LogP contribution in [0.15, 0.2) is 18.5 Å². The second-order valence-electron chi connectivity index (χ2n) is 5.63. The molecule has 0 unspecified atom stereocenters. The van der Waals surface area contributed by atoms with Gasteiger partial charge in [-0.3, -0.25) is 4.79 Å². The molecule has 1 aliphatic heterocycles. The Bertz CT molecular complexity index is 642. The van der Waals surface area contributed by atoms with E-state index in [0.29, 0.717) is 0 Å². The first-order chi connectivity index (χ1) is 9.54. The predicted octanol–water partition coefficient (Wildman–Crippen LogP) is 0.999. The zero-order valence-electron chi connectivity index (χ0n) is 12.0. The fourth-order valence-corrected chi connectivity index (χ4v) is 2.49. The molecular weight excluding hydrogens is 254 g/mol. The van der Waals surface area contributed by atoms with E-state index in [1.807, 2.05) is 37.5 Å². The molecule has 2 aromatic rings. The number of hydrogen-bond acceptors (Lipinski definition) is 4. The van der Waals surface area contributed by atoms with Gasteiger partial charge < -0.3 is 10.2 Å². The van der Waals surface area contributed by atoms with E-state index >= 15 is 0 Å². The standard InChI is InChI=1S/C14H19N5O/c1-9(2)16-14(20)11-7-18(8-11)13-12-6-10(3)17-19(12)5-4-15-13/h4-6,9,11H,7-8H2,1-3H3,(H,16,20). The third-order valence-electron chi connectivity index (χ3n) is 3.47. The van der Waals surface area contributed by atoms with Gasteiger partial charge in [-0.05, 0) is 26.8 Å². The molecule has 1 amide bonds. The number of nitrogens with one attached hydrogen (secondary N) is 1. The van der Waals surface area contributed by atoms with Gasteiger partial charge in [0.2, 0.25) is 5.91 Å². The number of aryl methyl sites for hydroxylation is 1. The van der Waals surface area contributed by atoms with Gasteiger partial charge in [-0.1, -0.05) is 0 Å². The number of rotatable bonds is 3. The first-order valence-electron chi connectivity index (χ1n) is 6.91. The Hall–Kier alpha value is -2.11. The molecule has 1 fully saturated rings. The molecule has 0 aromatic carbocycles. The second-order valence-corrected chi connectivity index (χ2v) is 5.63. The minimum atomic E-state index is 0.0588. The summed E-state index contributed by atoms with van der Waals surface area (Å²) in [6.45, 7) is 7.36. The lowest BCUT2D eigenvalue weighted by Gasteiger charge is -2.39. The lowest BCUT2D eigenvalue weighted by molar-refractivity contribution is -0.126. The minimum absolute atomic E-state index is 0.0588.